The molecule has 98 valence electrons. The number of carboxylic acid groups (broad SMARTS) is 1. The lowest BCUT2D eigenvalue weighted by Crippen LogP contribution is -2.56. The fourth-order valence-electron chi connectivity index (χ4n) is 1.71. The van der Waals surface area contributed by atoms with E-state index in [0.717, 1.165) is 4.90 Å². The van der Waals surface area contributed by atoms with E-state index in [0.29, 0.717) is 6.42 Å². The highest BCUT2D eigenvalue weighted by Crippen LogP contribution is 2.20. The summed E-state index contributed by atoms with van der Waals surface area (Å²) < 4.78 is 5.11. The molecule has 0 bridgehead atoms. The summed E-state index contributed by atoms with van der Waals surface area (Å²) in [6.45, 7) is 5.28. The van der Waals surface area contributed by atoms with E-state index in [1.807, 2.05) is 0 Å². The molecule has 1 amide bonds. The van der Waals surface area contributed by atoms with Crippen LogP contribution in [0.2, 0.25) is 0 Å². The summed E-state index contributed by atoms with van der Waals surface area (Å²) in [7, 11) is 0. The average molecular weight is 244 g/mol. The van der Waals surface area contributed by atoms with Crippen LogP contribution < -0.4 is 5.11 Å². The van der Waals surface area contributed by atoms with Gasteiger partial charge < -0.3 is 19.7 Å². The quantitative estimate of drug-likeness (QED) is 0.671. The second-order valence-corrected chi connectivity index (χ2v) is 5.19. The van der Waals surface area contributed by atoms with E-state index in [1.165, 1.54) is 0 Å². The van der Waals surface area contributed by atoms with Crippen LogP contribution in [0.1, 0.15) is 33.6 Å². The lowest BCUT2D eigenvalue weighted by molar-refractivity contribution is -0.312. The molecule has 17 heavy (non-hydrogen) atoms. The van der Waals surface area contributed by atoms with Crippen LogP contribution in [0, 0.1) is 0 Å². The number of aliphatic carboxylic acids is 1. The van der Waals surface area contributed by atoms with Crippen LogP contribution in [-0.2, 0) is 9.53 Å². The van der Waals surface area contributed by atoms with Crippen molar-refractivity contribution in [3.05, 3.63) is 0 Å². The predicted octanol–water partition coefficient (Wildman–Crippen LogP) is -0.503. The molecule has 0 aromatic heterocycles. The number of aliphatic hydroxyl groups excluding tert-OH is 1. The van der Waals surface area contributed by atoms with Crippen molar-refractivity contribution in [1.82, 2.24) is 4.90 Å². The Balaban J connectivity index is 2.73. The Labute approximate surface area is 100 Å². The minimum absolute atomic E-state index is 0.0123. The molecule has 1 aliphatic rings. The number of piperidine rings is 1. The minimum Gasteiger partial charge on any atom is -0.548 e. The van der Waals surface area contributed by atoms with Gasteiger partial charge in [-0.15, -0.1) is 0 Å². The molecule has 6 heteroatoms. The van der Waals surface area contributed by atoms with Crippen molar-refractivity contribution in [2.24, 2.45) is 0 Å². The van der Waals surface area contributed by atoms with Crippen molar-refractivity contribution in [2.75, 3.05) is 6.54 Å². The van der Waals surface area contributed by atoms with Gasteiger partial charge in [-0.05, 0) is 33.6 Å². The number of carboxylic acids is 1. The number of likely N-dealkylation sites (tertiary alicyclic amines) is 1. The predicted molar refractivity (Wildman–Crippen MR) is 57.0 cm³/mol. The topological polar surface area (TPSA) is 89.9 Å². The molecule has 1 rings (SSSR count). The number of ether oxygens (including phenoxy) is 1. The van der Waals surface area contributed by atoms with Gasteiger partial charge >= 0.3 is 6.09 Å². The van der Waals surface area contributed by atoms with Gasteiger partial charge in [0.25, 0.3) is 0 Å². The van der Waals surface area contributed by atoms with E-state index in [2.05, 4.69) is 0 Å². The molecule has 0 spiro atoms. The van der Waals surface area contributed by atoms with Gasteiger partial charge in [0.1, 0.15) is 5.60 Å². The average Bonchev–Trinajstić information content (AvgIpc) is 2.14. The summed E-state index contributed by atoms with van der Waals surface area (Å²) in [5.41, 5.74) is -0.677. The van der Waals surface area contributed by atoms with Crippen LogP contribution in [-0.4, -0.2) is 46.4 Å². The zero-order valence-corrected chi connectivity index (χ0v) is 10.3. The molecule has 0 radical (unpaired) electrons. The largest absolute Gasteiger partial charge is 0.548 e. The maximum absolute atomic E-state index is 11.8. The van der Waals surface area contributed by atoms with Crippen molar-refractivity contribution in [2.45, 2.75) is 51.4 Å². The molecule has 2 atom stereocenters. The normalized spacial score (nSPS) is 25.5. The molecule has 1 heterocycles. The van der Waals surface area contributed by atoms with Crippen LogP contribution in [0.4, 0.5) is 4.79 Å². The van der Waals surface area contributed by atoms with Crippen LogP contribution in [0.25, 0.3) is 0 Å². The van der Waals surface area contributed by atoms with Crippen molar-refractivity contribution < 1.29 is 24.5 Å². The highest BCUT2D eigenvalue weighted by atomic mass is 16.6. The fraction of sp³-hybridized carbons (Fsp3) is 0.818. The Morgan fingerprint density at radius 1 is 1.41 bits per heavy atom. The van der Waals surface area contributed by atoms with Gasteiger partial charge in [0.05, 0.1) is 18.1 Å². The Morgan fingerprint density at radius 3 is 2.47 bits per heavy atom. The molecule has 1 aliphatic heterocycles. The van der Waals surface area contributed by atoms with Gasteiger partial charge in [-0.2, -0.15) is 0 Å². The molecule has 1 fully saturated rings. The number of hydrogen-bond donors (Lipinski definition) is 1. The van der Waals surface area contributed by atoms with Crippen LogP contribution in [0.15, 0.2) is 0 Å². The van der Waals surface area contributed by atoms with Gasteiger partial charge in [-0.3, -0.25) is 4.90 Å². The van der Waals surface area contributed by atoms with Gasteiger partial charge in [0.2, 0.25) is 0 Å². The molecule has 1 saturated heterocycles. The summed E-state index contributed by atoms with van der Waals surface area (Å²) in [6, 6.07) is -1.12. The Bertz CT molecular complexity index is 309. The zero-order valence-electron chi connectivity index (χ0n) is 10.3. The number of carbonyl (C=O) groups is 2. The van der Waals surface area contributed by atoms with Gasteiger partial charge in [-0.1, -0.05) is 0 Å². The molecule has 0 aromatic carbocycles. The Hall–Kier alpha value is -1.30. The lowest BCUT2D eigenvalue weighted by atomic mass is 10.0. The van der Waals surface area contributed by atoms with E-state index in [-0.39, 0.29) is 13.0 Å². The second kappa shape index (κ2) is 4.91. The van der Waals surface area contributed by atoms with Crippen LogP contribution in [0.3, 0.4) is 0 Å². The van der Waals surface area contributed by atoms with Crippen molar-refractivity contribution >= 4 is 12.1 Å². The first-order valence-electron chi connectivity index (χ1n) is 5.59. The minimum atomic E-state index is -1.37. The maximum atomic E-state index is 11.8. The third-order valence-corrected chi connectivity index (χ3v) is 2.47. The van der Waals surface area contributed by atoms with E-state index in [9.17, 15) is 19.8 Å². The third kappa shape index (κ3) is 3.89. The SMILES string of the molecule is CC(C)(C)OC(=O)N1CC[C@@H](O)C[C@H]1C(=O)[O-]. The summed E-state index contributed by atoms with van der Waals surface area (Å²) in [5, 5.41) is 20.3. The van der Waals surface area contributed by atoms with Gasteiger partial charge in [-0.25, -0.2) is 4.79 Å². The first-order chi connectivity index (χ1) is 7.70. The number of rotatable bonds is 1. The highest BCUT2D eigenvalue weighted by molar-refractivity contribution is 5.79. The second-order valence-electron chi connectivity index (χ2n) is 5.19. The highest BCUT2D eigenvalue weighted by Gasteiger charge is 2.34. The standard InChI is InChI=1S/C11H19NO5/c1-11(2,3)17-10(16)12-5-4-7(13)6-8(12)9(14)15/h7-8,13H,4-6H2,1-3H3,(H,14,15)/p-1/t7-,8+/m1/s1. The van der Waals surface area contributed by atoms with Crippen LogP contribution in [0.5, 0.6) is 0 Å². The molecule has 0 unspecified atom stereocenters. The first-order valence-corrected chi connectivity index (χ1v) is 5.59. The summed E-state index contributed by atoms with van der Waals surface area (Å²) >= 11 is 0. The number of amides is 1. The summed E-state index contributed by atoms with van der Waals surface area (Å²) in [4.78, 5) is 23.8. The summed E-state index contributed by atoms with van der Waals surface area (Å²) in [6.07, 6.45) is -1.06. The van der Waals surface area contributed by atoms with Gasteiger partial charge in [0, 0.05) is 6.54 Å². The van der Waals surface area contributed by atoms with E-state index in [4.69, 9.17) is 4.74 Å². The maximum Gasteiger partial charge on any atom is 0.410 e. The van der Waals surface area contributed by atoms with E-state index < -0.39 is 29.8 Å². The molecule has 0 saturated carbocycles. The molecule has 0 aliphatic carbocycles. The smallest absolute Gasteiger partial charge is 0.410 e. The number of hydrogen-bond acceptors (Lipinski definition) is 5. The lowest BCUT2D eigenvalue weighted by Gasteiger charge is -2.38. The first kappa shape index (κ1) is 13.8. The number of aliphatic hydroxyl groups is 1. The van der Waals surface area contributed by atoms with E-state index >= 15 is 0 Å². The molecule has 6 nitrogen and oxygen atoms in total. The van der Waals surface area contributed by atoms with Crippen molar-refractivity contribution in [3.8, 4) is 0 Å². The fourth-order valence-corrected chi connectivity index (χ4v) is 1.71. The Kier molecular flexibility index (Phi) is 3.98. The van der Waals surface area contributed by atoms with E-state index in [1.54, 1.807) is 20.8 Å². The molecular formula is C11H18NO5-. The number of nitrogens with zero attached hydrogens (tertiary/aromatic N) is 1. The van der Waals surface area contributed by atoms with Gasteiger partial charge in [0.15, 0.2) is 0 Å². The molecular weight excluding hydrogens is 226 g/mol. The monoisotopic (exact) mass is 244 g/mol. The van der Waals surface area contributed by atoms with Crippen molar-refractivity contribution in [1.29, 1.82) is 0 Å². The number of carbonyl (C=O) groups excluding carboxylic acids is 2. The molecule has 0 aromatic rings. The Morgan fingerprint density at radius 2 is 2.00 bits per heavy atom. The summed E-state index contributed by atoms with van der Waals surface area (Å²) in [5.74, 6) is -1.37. The molecule has 1 N–H and O–H groups in total. The van der Waals surface area contributed by atoms with Crippen molar-refractivity contribution in [3.63, 3.8) is 0 Å². The third-order valence-electron chi connectivity index (χ3n) is 2.47. The zero-order chi connectivity index (χ0) is 13.2. The van der Waals surface area contributed by atoms with Crippen LogP contribution >= 0.6 is 0 Å².